The summed E-state index contributed by atoms with van der Waals surface area (Å²) in [6, 6.07) is 0.314. The Labute approximate surface area is 78.8 Å². The molecule has 0 saturated carbocycles. The SMILES string of the molecule is CC(C)C(=O)c1cnn(C(C)C)c1. The molecule has 0 bridgehead atoms. The van der Waals surface area contributed by atoms with Crippen LogP contribution >= 0.6 is 0 Å². The van der Waals surface area contributed by atoms with Crippen LogP contribution in [0.1, 0.15) is 44.1 Å². The highest BCUT2D eigenvalue weighted by molar-refractivity contribution is 5.96. The predicted octanol–water partition coefficient (Wildman–Crippen LogP) is 2.30. The molecule has 0 saturated heterocycles. The summed E-state index contributed by atoms with van der Waals surface area (Å²) < 4.78 is 1.80. The number of hydrogen-bond donors (Lipinski definition) is 0. The van der Waals surface area contributed by atoms with Gasteiger partial charge in [0.1, 0.15) is 0 Å². The Balaban J connectivity index is 2.86. The van der Waals surface area contributed by atoms with Gasteiger partial charge < -0.3 is 0 Å². The Bertz CT molecular complexity index is 300. The molecule has 0 spiro atoms. The zero-order valence-electron chi connectivity index (χ0n) is 8.61. The third-order valence-electron chi connectivity index (χ3n) is 1.94. The number of Topliss-reactive ketones (excluding diaryl/α,β-unsaturated/α-hetero) is 1. The van der Waals surface area contributed by atoms with E-state index in [0.717, 1.165) is 0 Å². The van der Waals surface area contributed by atoms with E-state index in [9.17, 15) is 4.79 Å². The van der Waals surface area contributed by atoms with E-state index in [-0.39, 0.29) is 11.7 Å². The van der Waals surface area contributed by atoms with Gasteiger partial charge in [0.05, 0.1) is 11.8 Å². The lowest BCUT2D eigenvalue weighted by Crippen LogP contribution is -2.06. The predicted molar refractivity (Wildman–Crippen MR) is 51.8 cm³/mol. The van der Waals surface area contributed by atoms with Gasteiger partial charge >= 0.3 is 0 Å². The van der Waals surface area contributed by atoms with E-state index in [1.165, 1.54) is 0 Å². The molecule has 13 heavy (non-hydrogen) atoms. The van der Waals surface area contributed by atoms with Crippen molar-refractivity contribution in [2.45, 2.75) is 33.7 Å². The van der Waals surface area contributed by atoms with Crippen LogP contribution < -0.4 is 0 Å². The topological polar surface area (TPSA) is 34.9 Å². The number of carbonyl (C=O) groups is 1. The molecule has 0 aliphatic heterocycles. The fourth-order valence-electron chi connectivity index (χ4n) is 1.08. The van der Waals surface area contributed by atoms with Crippen LogP contribution in [-0.4, -0.2) is 15.6 Å². The standard InChI is InChI=1S/C10H16N2O/c1-7(2)10(13)9-5-11-12(6-9)8(3)4/h5-8H,1-4H3. The first-order chi connectivity index (χ1) is 6.02. The zero-order chi connectivity index (χ0) is 10.0. The van der Waals surface area contributed by atoms with Crippen LogP contribution in [0.2, 0.25) is 0 Å². The Hall–Kier alpha value is -1.12. The summed E-state index contributed by atoms with van der Waals surface area (Å²) >= 11 is 0. The summed E-state index contributed by atoms with van der Waals surface area (Å²) in [5.74, 6) is 0.205. The van der Waals surface area contributed by atoms with Gasteiger partial charge in [-0.2, -0.15) is 5.10 Å². The van der Waals surface area contributed by atoms with Crippen molar-refractivity contribution in [2.24, 2.45) is 5.92 Å². The maximum absolute atomic E-state index is 11.5. The lowest BCUT2D eigenvalue weighted by atomic mass is 10.0. The first-order valence-corrected chi connectivity index (χ1v) is 4.60. The average molecular weight is 180 g/mol. The lowest BCUT2D eigenvalue weighted by molar-refractivity contribution is 0.0939. The summed E-state index contributed by atoms with van der Waals surface area (Å²) in [4.78, 5) is 11.5. The lowest BCUT2D eigenvalue weighted by Gasteiger charge is -2.03. The molecule has 0 fully saturated rings. The van der Waals surface area contributed by atoms with Gasteiger partial charge in [0.2, 0.25) is 0 Å². The van der Waals surface area contributed by atoms with E-state index in [1.807, 2.05) is 33.9 Å². The van der Waals surface area contributed by atoms with Crippen LogP contribution in [0.25, 0.3) is 0 Å². The average Bonchev–Trinajstić information content (AvgIpc) is 2.50. The van der Waals surface area contributed by atoms with Gasteiger partial charge in [0, 0.05) is 18.2 Å². The minimum atomic E-state index is 0.0461. The van der Waals surface area contributed by atoms with Crippen molar-refractivity contribution in [2.75, 3.05) is 0 Å². The van der Waals surface area contributed by atoms with Gasteiger partial charge in [-0.25, -0.2) is 0 Å². The highest BCUT2D eigenvalue weighted by Crippen LogP contribution is 2.10. The highest BCUT2D eigenvalue weighted by Gasteiger charge is 2.12. The molecule has 72 valence electrons. The molecule has 1 rings (SSSR count). The number of aromatic nitrogens is 2. The van der Waals surface area contributed by atoms with E-state index >= 15 is 0 Å². The number of nitrogens with zero attached hydrogens (tertiary/aromatic N) is 2. The van der Waals surface area contributed by atoms with Crippen molar-refractivity contribution in [1.82, 2.24) is 9.78 Å². The normalized spacial score (nSPS) is 11.2. The number of rotatable bonds is 3. The summed E-state index contributed by atoms with van der Waals surface area (Å²) in [6.07, 6.45) is 3.45. The highest BCUT2D eigenvalue weighted by atomic mass is 16.1. The summed E-state index contributed by atoms with van der Waals surface area (Å²) in [6.45, 7) is 7.87. The van der Waals surface area contributed by atoms with Crippen molar-refractivity contribution in [3.05, 3.63) is 18.0 Å². The van der Waals surface area contributed by atoms with Crippen LogP contribution in [-0.2, 0) is 0 Å². The largest absolute Gasteiger partial charge is 0.294 e. The van der Waals surface area contributed by atoms with Crippen molar-refractivity contribution in [3.8, 4) is 0 Å². The quantitative estimate of drug-likeness (QED) is 0.669. The van der Waals surface area contributed by atoms with E-state index < -0.39 is 0 Å². The number of carbonyl (C=O) groups excluding carboxylic acids is 1. The Morgan fingerprint density at radius 3 is 2.38 bits per heavy atom. The first-order valence-electron chi connectivity index (χ1n) is 4.60. The van der Waals surface area contributed by atoms with E-state index in [4.69, 9.17) is 0 Å². The molecule has 0 atom stereocenters. The van der Waals surface area contributed by atoms with E-state index in [2.05, 4.69) is 5.10 Å². The molecule has 0 unspecified atom stereocenters. The zero-order valence-corrected chi connectivity index (χ0v) is 8.61. The molecule has 0 aliphatic rings. The smallest absolute Gasteiger partial charge is 0.168 e. The van der Waals surface area contributed by atoms with Gasteiger partial charge in [0.15, 0.2) is 5.78 Å². The minimum absolute atomic E-state index is 0.0461. The molecule has 3 nitrogen and oxygen atoms in total. The van der Waals surface area contributed by atoms with Crippen molar-refractivity contribution in [1.29, 1.82) is 0 Å². The second-order valence-corrected chi connectivity index (χ2v) is 3.82. The fourth-order valence-corrected chi connectivity index (χ4v) is 1.08. The van der Waals surface area contributed by atoms with Crippen LogP contribution in [0, 0.1) is 5.92 Å². The third kappa shape index (κ3) is 2.17. The first kappa shape index (κ1) is 9.96. The van der Waals surface area contributed by atoms with Crippen LogP contribution in [0.15, 0.2) is 12.4 Å². The Kier molecular flexibility index (Phi) is 2.86. The molecular weight excluding hydrogens is 164 g/mol. The van der Waals surface area contributed by atoms with Crippen LogP contribution in [0.5, 0.6) is 0 Å². The van der Waals surface area contributed by atoms with Gasteiger partial charge in [0.25, 0.3) is 0 Å². The Morgan fingerprint density at radius 1 is 1.38 bits per heavy atom. The van der Waals surface area contributed by atoms with Gasteiger partial charge in [-0.1, -0.05) is 13.8 Å². The van der Waals surface area contributed by atoms with Crippen molar-refractivity contribution < 1.29 is 4.79 Å². The maximum Gasteiger partial charge on any atom is 0.168 e. The van der Waals surface area contributed by atoms with Crippen molar-refractivity contribution >= 4 is 5.78 Å². The van der Waals surface area contributed by atoms with Gasteiger partial charge in [-0.05, 0) is 13.8 Å². The molecule has 0 N–H and O–H groups in total. The second-order valence-electron chi connectivity index (χ2n) is 3.82. The summed E-state index contributed by atoms with van der Waals surface area (Å²) in [7, 11) is 0. The van der Waals surface area contributed by atoms with Gasteiger partial charge in [-0.3, -0.25) is 9.48 Å². The van der Waals surface area contributed by atoms with Crippen LogP contribution in [0.3, 0.4) is 0 Å². The molecule has 0 amide bonds. The number of hydrogen-bond acceptors (Lipinski definition) is 2. The monoisotopic (exact) mass is 180 g/mol. The third-order valence-corrected chi connectivity index (χ3v) is 1.94. The molecule has 3 heteroatoms. The van der Waals surface area contributed by atoms with Crippen molar-refractivity contribution in [3.63, 3.8) is 0 Å². The second kappa shape index (κ2) is 3.73. The summed E-state index contributed by atoms with van der Waals surface area (Å²) in [5, 5.41) is 4.12. The Morgan fingerprint density at radius 2 is 2.00 bits per heavy atom. The molecule has 0 aliphatic carbocycles. The molecule has 1 aromatic heterocycles. The van der Waals surface area contributed by atoms with Gasteiger partial charge in [-0.15, -0.1) is 0 Å². The molecule has 0 radical (unpaired) electrons. The minimum Gasteiger partial charge on any atom is -0.294 e. The maximum atomic E-state index is 11.5. The van der Waals surface area contributed by atoms with Crippen LogP contribution in [0.4, 0.5) is 0 Å². The molecule has 0 aromatic carbocycles. The molecular formula is C10H16N2O. The van der Waals surface area contributed by atoms with E-state index in [1.54, 1.807) is 10.9 Å². The molecule has 1 heterocycles. The number of ketones is 1. The fraction of sp³-hybridized carbons (Fsp3) is 0.600. The van der Waals surface area contributed by atoms with E-state index in [0.29, 0.717) is 11.6 Å². The summed E-state index contributed by atoms with van der Waals surface area (Å²) in [5.41, 5.74) is 0.712. The molecule has 1 aromatic rings.